The summed E-state index contributed by atoms with van der Waals surface area (Å²) in [6.45, 7) is 8.16. The van der Waals surface area contributed by atoms with E-state index < -0.39 is 0 Å². The van der Waals surface area contributed by atoms with Crippen molar-refractivity contribution in [1.29, 1.82) is 0 Å². The van der Waals surface area contributed by atoms with Crippen LogP contribution in [-0.4, -0.2) is 10.8 Å². The lowest BCUT2D eigenvalue weighted by molar-refractivity contribution is 0.0991. The Morgan fingerprint density at radius 1 is 1.05 bits per heavy atom. The van der Waals surface area contributed by atoms with Crippen LogP contribution in [0.3, 0.4) is 0 Å². The first-order chi connectivity index (χ1) is 8.99. The number of carbonyl (C=O) groups excluding carboxylic acids is 1. The molecule has 0 atom stereocenters. The summed E-state index contributed by atoms with van der Waals surface area (Å²) in [5.41, 5.74) is 6.46. The van der Waals surface area contributed by atoms with E-state index in [0.29, 0.717) is 6.42 Å². The Morgan fingerprint density at radius 3 is 2.26 bits per heavy atom. The molecule has 1 aromatic carbocycles. The van der Waals surface area contributed by atoms with Crippen LogP contribution in [0.15, 0.2) is 30.6 Å². The molecule has 0 bridgehead atoms. The lowest BCUT2D eigenvalue weighted by Gasteiger charge is -2.11. The van der Waals surface area contributed by atoms with Gasteiger partial charge in [-0.25, -0.2) is 0 Å². The molecular formula is C17H19NO. The number of benzene rings is 1. The van der Waals surface area contributed by atoms with Crippen LogP contribution in [-0.2, 0) is 6.42 Å². The molecule has 19 heavy (non-hydrogen) atoms. The van der Waals surface area contributed by atoms with Crippen molar-refractivity contribution >= 4 is 5.78 Å². The molecule has 2 nitrogen and oxygen atoms in total. The summed E-state index contributed by atoms with van der Waals surface area (Å²) < 4.78 is 0. The number of hydrogen-bond donors (Lipinski definition) is 0. The normalized spacial score (nSPS) is 10.5. The quantitative estimate of drug-likeness (QED) is 0.780. The minimum Gasteiger partial charge on any atom is -0.294 e. The summed E-state index contributed by atoms with van der Waals surface area (Å²) in [4.78, 5) is 16.4. The summed E-state index contributed by atoms with van der Waals surface area (Å²) in [7, 11) is 0. The Morgan fingerprint density at radius 2 is 1.68 bits per heavy atom. The van der Waals surface area contributed by atoms with Gasteiger partial charge in [0.05, 0.1) is 0 Å². The standard InChI is InChI=1S/C17H19NO/c1-11-7-13(3)15(14(4)8-11)9-17(19)16-10-18-6-5-12(16)2/h5-8,10H,9H2,1-4H3. The van der Waals surface area contributed by atoms with E-state index in [-0.39, 0.29) is 5.78 Å². The second-order valence-corrected chi connectivity index (χ2v) is 5.17. The average Bonchev–Trinajstić information content (AvgIpc) is 2.34. The third kappa shape index (κ3) is 2.90. The van der Waals surface area contributed by atoms with Gasteiger partial charge in [-0.05, 0) is 56.0 Å². The molecule has 0 saturated carbocycles. The van der Waals surface area contributed by atoms with Gasteiger partial charge in [0.25, 0.3) is 0 Å². The first-order valence-corrected chi connectivity index (χ1v) is 6.49. The Labute approximate surface area is 114 Å². The van der Waals surface area contributed by atoms with E-state index in [1.165, 1.54) is 16.7 Å². The SMILES string of the molecule is Cc1cc(C)c(CC(=O)c2cnccc2C)c(C)c1. The highest BCUT2D eigenvalue weighted by Crippen LogP contribution is 2.19. The predicted octanol–water partition coefficient (Wildman–Crippen LogP) is 3.74. The van der Waals surface area contributed by atoms with Crippen LogP contribution in [0.5, 0.6) is 0 Å². The number of nitrogens with zero attached hydrogens (tertiary/aromatic N) is 1. The molecule has 1 heterocycles. The highest BCUT2D eigenvalue weighted by molar-refractivity contribution is 5.98. The Hall–Kier alpha value is -1.96. The van der Waals surface area contributed by atoms with E-state index in [4.69, 9.17) is 0 Å². The molecular weight excluding hydrogens is 234 g/mol. The zero-order valence-electron chi connectivity index (χ0n) is 11.9. The molecule has 0 saturated heterocycles. The molecule has 0 aliphatic carbocycles. The van der Waals surface area contributed by atoms with Crippen LogP contribution in [0.4, 0.5) is 0 Å². The van der Waals surface area contributed by atoms with Crippen molar-refractivity contribution in [2.45, 2.75) is 34.1 Å². The topological polar surface area (TPSA) is 30.0 Å². The Kier molecular flexibility index (Phi) is 3.79. The van der Waals surface area contributed by atoms with Crippen molar-refractivity contribution in [3.8, 4) is 0 Å². The molecule has 2 heteroatoms. The number of rotatable bonds is 3. The van der Waals surface area contributed by atoms with Gasteiger partial charge >= 0.3 is 0 Å². The minimum atomic E-state index is 0.139. The van der Waals surface area contributed by atoms with Gasteiger partial charge in [0.15, 0.2) is 5.78 Å². The summed E-state index contributed by atoms with van der Waals surface area (Å²) in [5.74, 6) is 0.139. The first-order valence-electron chi connectivity index (χ1n) is 6.49. The number of aromatic nitrogens is 1. The maximum Gasteiger partial charge on any atom is 0.169 e. The lowest BCUT2D eigenvalue weighted by atomic mass is 9.93. The van der Waals surface area contributed by atoms with Crippen LogP contribution >= 0.6 is 0 Å². The van der Waals surface area contributed by atoms with Crippen LogP contribution in [0.1, 0.15) is 38.2 Å². The van der Waals surface area contributed by atoms with Gasteiger partial charge in [-0.3, -0.25) is 9.78 Å². The summed E-state index contributed by atoms with van der Waals surface area (Å²) in [5, 5.41) is 0. The first kappa shape index (κ1) is 13.5. The van der Waals surface area contributed by atoms with Gasteiger partial charge in [0.1, 0.15) is 0 Å². The van der Waals surface area contributed by atoms with Crippen molar-refractivity contribution in [1.82, 2.24) is 4.98 Å². The fraction of sp³-hybridized carbons (Fsp3) is 0.294. The lowest BCUT2D eigenvalue weighted by Crippen LogP contribution is -2.08. The maximum atomic E-state index is 12.4. The Balaban J connectivity index is 2.32. The maximum absolute atomic E-state index is 12.4. The molecule has 0 radical (unpaired) electrons. The summed E-state index contributed by atoms with van der Waals surface area (Å²) in [6.07, 6.45) is 3.83. The zero-order chi connectivity index (χ0) is 14.0. The molecule has 0 fully saturated rings. The highest BCUT2D eigenvalue weighted by atomic mass is 16.1. The zero-order valence-corrected chi connectivity index (χ0v) is 11.9. The van der Waals surface area contributed by atoms with E-state index in [0.717, 1.165) is 16.7 Å². The van der Waals surface area contributed by atoms with Gasteiger partial charge in [-0.1, -0.05) is 17.7 Å². The fourth-order valence-electron chi connectivity index (χ4n) is 2.50. The minimum absolute atomic E-state index is 0.139. The number of ketones is 1. The molecule has 2 aromatic rings. The molecule has 0 aliphatic heterocycles. The largest absolute Gasteiger partial charge is 0.294 e. The fourth-order valence-corrected chi connectivity index (χ4v) is 2.50. The number of hydrogen-bond acceptors (Lipinski definition) is 2. The van der Waals surface area contributed by atoms with Crippen molar-refractivity contribution in [2.75, 3.05) is 0 Å². The van der Waals surface area contributed by atoms with E-state index >= 15 is 0 Å². The van der Waals surface area contributed by atoms with Crippen LogP contribution in [0, 0.1) is 27.7 Å². The van der Waals surface area contributed by atoms with Gasteiger partial charge in [-0.2, -0.15) is 0 Å². The predicted molar refractivity (Wildman–Crippen MR) is 77.7 cm³/mol. The van der Waals surface area contributed by atoms with Gasteiger partial charge < -0.3 is 0 Å². The molecule has 0 N–H and O–H groups in total. The van der Waals surface area contributed by atoms with Crippen molar-refractivity contribution in [2.24, 2.45) is 0 Å². The second kappa shape index (κ2) is 5.35. The molecule has 98 valence electrons. The number of pyridine rings is 1. The van der Waals surface area contributed by atoms with Crippen molar-refractivity contribution in [3.05, 3.63) is 64.0 Å². The Bertz CT molecular complexity index is 606. The molecule has 2 rings (SSSR count). The second-order valence-electron chi connectivity index (χ2n) is 5.17. The monoisotopic (exact) mass is 253 g/mol. The van der Waals surface area contributed by atoms with Gasteiger partial charge in [0, 0.05) is 24.4 Å². The van der Waals surface area contributed by atoms with E-state index in [1.807, 2.05) is 13.0 Å². The number of aryl methyl sites for hydroxylation is 4. The van der Waals surface area contributed by atoms with E-state index in [9.17, 15) is 4.79 Å². The van der Waals surface area contributed by atoms with Crippen molar-refractivity contribution in [3.63, 3.8) is 0 Å². The van der Waals surface area contributed by atoms with E-state index in [2.05, 4.69) is 37.9 Å². The highest BCUT2D eigenvalue weighted by Gasteiger charge is 2.13. The van der Waals surface area contributed by atoms with Crippen molar-refractivity contribution < 1.29 is 4.79 Å². The number of Topliss-reactive ketones (excluding diaryl/α,β-unsaturated/α-hetero) is 1. The van der Waals surface area contributed by atoms with Crippen LogP contribution < -0.4 is 0 Å². The summed E-state index contributed by atoms with van der Waals surface area (Å²) >= 11 is 0. The molecule has 0 unspecified atom stereocenters. The molecule has 0 amide bonds. The molecule has 0 spiro atoms. The van der Waals surface area contributed by atoms with Gasteiger partial charge in [-0.15, -0.1) is 0 Å². The summed E-state index contributed by atoms with van der Waals surface area (Å²) in [6, 6.07) is 6.14. The van der Waals surface area contributed by atoms with Gasteiger partial charge in [0.2, 0.25) is 0 Å². The average molecular weight is 253 g/mol. The molecule has 1 aromatic heterocycles. The number of carbonyl (C=O) groups is 1. The van der Waals surface area contributed by atoms with E-state index in [1.54, 1.807) is 12.4 Å². The smallest absolute Gasteiger partial charge is 0.169 e. The van der Waals surface area contributed by atoms with Crippen LogP contribution in [0.2, 0.25) is 0 Å². The third-order valence-corrected chi connectivity index (χ3v) is 3.52. The van der Waals surface area contributed by atoms with Crippen LogP contribution in [0.25, 0.3) is 0 Å². The molecule has 0 aliphatic rings. The third-order valence-electron chi connectivity index (χ3n) is 3.52.